The normalized spacial score (nSPS) is 43.7. The van der Waals surface area contributed by atoms with Crippen LogP contribution in [0.3, 0.4) is 0 Å². The Labute approximate surface area is 156 Å². The van der Waals surface area contributed by atoms with E-state index < -0.39 is 23.4 Å². The first-order valence-corrected chi connectivity index (χ1v) is 9.52. The summed E-state index contributed by atoms with van der Waals surface area (Å²) in [5.41, 5.74) is 0.578. The molecule has 6 heteroatoms. The molecule has 4 fully saturated rings. The molecule has 7 atom stereocenters. The van der Waals surface area contributed by atoms with E-state index >= 15 is 0 Å². The highest BCUT2D eigenvalue weighted by Gasteiger charge is 2.75. The number of rotatable bonds is 2. The molecule has 3 heterocycles. The summed E-state index contributed by atoms with van der Waals surface area (Å²) in [7, 11) is 0. The second kappa shape index (κ2) is 4.94. The van der Waals surface area contributed by atoms with E-state index in [-0.39, 0.29) is 35.9 Å². The van der Waals surface area contributed by atoms with Gasteiger partial charge in [-0.2, -0.15) is 0 Å². The van der Waals surface area contributed by atoms with E-state index in [1.165, 1.54) is 11.8 Å². The molecule has 1 aromatic rings. The number of para-hydroxylation sites is 1. The monoisotopic (exact) mass is 365 g/mol. The summed E-state index contributed by atoms with van der Waals surface area (Å²) in [5, 5.41) is 0. The molecule has 27 heavy (non-hydrogen) atoms. The molecule has 0 aromatic heterocycles. The van der Waals surface area contributed by atoms with Crippen LogP contribution in [0.15, 0.2) is 42.0 Å². The van der Waals surface area contributed by atoms with Crippen molar-refractivity contribution in [2.45, 2.75) is 37.8 Å². The van der Waals surface area contributed by atoms with Crippen LogP contribution in [0.1, 0.15) is 19.8 Å². The maximum Gasteiger partial charge on any atom is 0.238 e. The average molecular weight is 365 g/mol. The van der Waals surface area contributed by atoms with Crippen LogP contribution >= 0.6 is 0 Å². The predicted molar refractivity (Wildman–Crippen MR) is 93.4 cm³/mol. The predicted octanol–water partition coefficient (Wildman–Crippen LogP) is 1.84. The number of ether oxygens (including phenoxy) is 2. The Morgan fingerprint density at radius 1 is 1.15 bits per heavy atom. The fraction of sp³-hybridized carbons (Fsp3) is 0.476. The van der Waals surface area contributed by atoms with Crippen molar-refractivity contribution in [3.8, 4) is 0 Å². The molecule has 1 saturated carbocycles. The lowest BCUT2D eigenvalue weighted by atomic mass is 9.51. The van der Waals surface area contributed by atoms with Crippen LogP contribution < -0.4 is 4.90 Å². The minimum absolute atomic E-state index is 0.0476. The number of nitrogens with zero attached hydrogens (tertiary/aromatic N) is 1. The molecule has 3 aliphatic heterocycles. The first-order valence-electron chi connectivity index (χ1n) is 9.52. The van der Waals surface area contributed by atoms with Gasteiger partial charge in [-0.05, 0) is 31.1 Å². The molecular formula is C21H19NO5. The maximum absolute atomic E-state index is 13.4. The molecule has 7 rings (SSSR count). The summed E-state index contributed by atoms with van der Waals surface area (Å²) in [6.07, 6.45) is 2.90. The van der Waals surface area contributed by atoms with Crippen molar-refractivity contribution in [1.29, 1.82) is 0 Å². The highest BCUT2D eigenvalue weighted by atomic mass is 16.7. The lowest BCUT2D eigenvalue weighted by Gasteiger charge is -2.54. The van der Waals surface area contributed by atoms with Crippen molar-refractivity contribution in [1.82, 2.24) is 0 Å². The topological polar surface area (TPSA) is 72.9 Å². The molecule has 6 nitrogen and oxygen atoms in total. The number of fused-ring (bicyclic) bond motifs is 1. The number of Topliss-reactive ketones (excluding diaryl/α,β-unsaturated/α-hetero) is 1. The quantitative estimate of drug-likeness (QED) is 0.748. The van der Waals surface area contributed by atoms with Crippen LogP contribution in [0.2, 0.25) is 0 Å². The molecule has 3 aliphatic carbocycles. The van der Waals surface area contributed by atoms with E-state index in [0.717, 1.165) is 12.8 Å². The fourth-order valence-corrected chi connectivity index (χ4v) is 6.20. The standard InChI is InChI=1S/C21H19NO5/c1-10(23)12-9-13-15-16(17(12)21-8-7-14(27-21)26-18(13)21)20(25)22(19(15)24)11-5-3-2-4-6-11/h2-6,9,13-18H,7-8H2,1H3/t13-,14?,15+,16+,17+,18?,21-/m1/s1. The van der Waals surface area contributed by atoms with Gasteiger partial charge in [0.2, 0.25) is 11.8 Å². The summed E-state index contributed by atoms with van der Waals surface area (Å²) in [6, 6.07) is 9.02. The number of carbonyl (C=O) groups excluding carboxylic acids is 3. The van der Waals surface area contributed by atoms with Gasteiger partial charge in [-0.15, -0.1) is 0 Å². The first-order chi connectivity index (χ1) is 13.0. The van der Waals surface area contributed by atoms with Gasteiger partial charge in [0.15, 0.2) is 12.1 Å². The molecular weight excluding hydrogens is 346 g/mol. The fourth-order valence-electron chi connectivity index (χ4n) is 6.20. The van der Waals surface area contributed by atoms with Crippen LogP contribution in [0.25, 0.3) is 0 Å². The van der Waals surface area contributed by atoms with Gasteiger partial charge in [0.25, 0.3) is 0 Å². The number of ketones is 1. The zero-order valence-electron chi connectivity index (χ0n) is 14.8. The number of imide groups is 1. The summed E-state index contributed by atoms with van der Waals surface area (Å²) >= 11 is 0. The van der Waals surface area contributed by atoms with E-state index in [1.807, 2.05) is 24.3 Å². The number of benzene rings is 1. The Hall–Kier alpha value is -2.31. The van der Waals surface area contributed by atoms with E-state index in [0.29, 0.717) is 11.3 Å². The lowest BCUT2D eigenvalue weighted by molar-refractivity contribution is -0.148. The maximum atomic E-state index is 13.4. The molecule has 4 bridgehead atoms. The Kier molecular flexibility index (Phi) is 2.88. The lowest BCUT2D eigenvalue weighted by Crippen LogP contribution is -2.64. The Morgan fingerprint density at radius 3 is 2.59 bits per heavy atom. The first kappa shape index (κ1) is 15.7. The highest BCUT2D eigenvalue weighted by molar-refractivity contribution is 6.23. The number of amides is 2. The largest absolute Gasteiger partial charge is 0.346 e. The minimum atomic E-state index is -0.644. The van der Waals surface area contributed by atoms with Gasteiger partial charge in [0.1, 0.15) is 5.60 Å². The summed E-state index contributed by atoms with van der Waals surface area (Å²) < 4.78 is 12.3. The molecule has 3 saturated heterocycles. The van der Waals surface area contributed by atoms with Crippen molar-refractivity contribution in [3.05, 3.63) is 42.0 Å². The minimum Gasteiger partial charge on any atom is -0.346 e. The number of carbonyl (C=O) groups is 3. The van der Waals surface area contributed by atoms with Gasteiger partial charge in [-0.3, -0.25) is 19.3 Å². The number of hydrogen-bond acceptors (Lipinski definition) is 5. The number of hydrogen-bond donors (Lipinski definition) is 0. The van der Waals surface area contributed by atoms with Gasteiger partial charge in [0, 0.05) is 18.3 Å². The second-order valence-electron chi connectivity index (χ2n) is 8.23. The van der Waals surface area contributed by atoms with Gasteiger partial charge in [-0.25, -0.2) is 0 Å². The third kappa shape index (κ3) is 1.71. The molecule has 2 amide bonds. The van der Waals surface area contributed by atoms with Gasteiger partial charge in [0.05, 0.1) is 23.6 Å². The Bertz CT molecular complexity index is 924. The zero-order chi connectivity index (χ0) is 18.5. The second-order valence-corrected chi connectivity index (χ2v) is 8.23. The van der Waals surface area contributed by atoms with Crippen LogP contribution in [-0.2, 0) is 23.9 Å². The van der Waals surface area contributed by atoms with Crippen LogP contribution in [0, 0.1) is 23.7 Å². The SMILES string of the molecule is CC(=O)C1=C[C@H]2C3OC4CC[C@@]3(O4)[C@@H]1[C@H]1C(=O)N(c3ccccc3)C(=O)[C@H]12. The van der Waals surface area contributed by atoms with Gasteiger partial charge in [-0.1, -0.05) is 24.3 Å². The Balaban J connectivity index is 1.52. The van der Waals surface area contributed by atoms with Crippen molar-refractivity contribution >= 4 is 23.3 Å². The van der Waals surface area contributed by atoms with Gasteiger partial charge >= 0.3 is 0 Å². The van der Waals surface area contributed by atoms with E-state index in [2.05, 4.69) is 0 Å². The van der Waals surface area contributed by atoms with E-state index in [9.17, 15) is 14.4 Å². The van der Waals surface area contributed by atoms with Crippen molar-refractivity contribution < 1.29 is 23.9 Å². The van der Waals surface area contributed by atoms with Crippen molar-refractivity contribution in [2.75, 3.05) is 4.90 Å². The molecule has 138 valence electrons. The van der Waals surface area contributed by atoms with Crippen molar-refractivity contribution in [2.24, 2.45) is 23.7 Å². The van der Waals surface area contributed by atoms with Crippen LogP contribution in [-0.4, -0.2) is 35.6 Å². The number of anilines is 1. The van der Waals surface area contributed by atoms with E-state index in [1.54, 1.807) is 12.1 Å². The summed E-state index contributed by atoms with van der Waals surface area (Å²) in [6.45, 7) is 1.53. The highest BCUT2D eigenvalue weighted by Crippen LogP contribution is 2.65. The molecule has 0 radical (unpaired) electrons. The molecule has 1 spiro atoms. The molecule has 0 N–H and O–H groups in total. The summed E-state index contributed by atoms with van der Waals surface area (Å²) in [5.74, 6) is -2.19. The van der Waals surface area contributed by atoms with Crippen LogP contribution in [0.4, 0.5) is 5.69 Å². The smallest absolute Gasteiger partial charge is 0.238 e. The molecule has 1 aromatic carbocycles. The molecule has 6 aliphatic rings. The van der Waals surface area contributed by atoms with E-state index in [4.69, 9.17) is 9.47 Å². The summed E-state index contributed by atoms with van der Waals surface area (Å²) in [4.78, 5) is 40.4. The Morgan fingerprint density at radius 2 is 1.89 bits per heavy atom. The zero-order valence-corrected chi connectivity index (χ0v) is 14.8. The molecule has 2 unspecified atom stereocenters. The van der Waals surface area contributed by atoms with Crippen molar-refractivity contribution in [3.63, 3.8) is 0 Å². The average Bonchev–Trinajstić information content (AvgIpc) is 3.33. The van der Waals surface area contributed by atoms with Crippen LogP contribution in [0.5, 0.6) is 0 Å². The van der Waals surface area contributed by atoms with Gasteiger partial charge < -0.3 is 9.47 Å². The third-order valence-corrected chi connectivity index (χ3v) is 7.08. The third-order valence-electron chi connectivity index (χ3n) is 7.08.